The molecule has 6 nitrogen and oxygen atoms in total. The summed E-state index contributed by atoms with van der Waals surface area (Å²) in [6.07, 6.45) is 1.55. The number of anilines is 2. The zero-order chi connectivity index (χ0) is 16.9. The summed E-state index contributed by atoms with van der Waals surface area (Å²) in [5.74, 6) is -0.555. The monoisotopic (exact) mass is 409 g/mol. The Morgan fingerprint density at radius 3 is 2.38 bits per heavy atom. The highest BCUT2D eigenvalue weighted by atomic mass is 35.5. The second-order valence-corrected chi connectivity index (χ2v) is 6.26. The first-order valence-corrected chi connectivity index (χ1v) is 8.41. The zero-order valence-corrected chi connectivity index (χ0v) is 16.1. The number of ether oxygens (including phenoxy) is 2. The number of nitrogens with one attached hydrogen (secondary N) is 1. The fourth-order valence-corrected chi connectivity index (χ4v) is 3.17. The number of rotatable bonds is 4. The molecule has 1 amide bonds. The second-order valence-electron chi connectivity index (χ2n) is 6.26. The molecule has 3 rings (SSSR count). The molecule has 2 aliphatic rings. The number of hydrogen-bond donors (Lipinski definition) is 2. The van der Waals surface area contributed by atoms with Crippen LogP contribution < -0.4 is 16.0 Å². The molecule has 1 atom stereocenters. The average molecular weight is 410 g/mol. The Morgan fingerprint density at radius 1 is 1.12 bits per heavy atom. The lowest BCUT2D eigenvalue weighted by molar-refractivity contribution is -0.119. The molecule has 9 heteroatoms. The van der Waals surface area contributed by atoms with E-state index >= 15 is 0 Å². The Morgan fingerprint density at radius 2 is 1.73 bits per heavy atom. The third-order valence-electron chi connectivity index (χ3n) is 4.60. The Hall–Kier alpha value is -1.12. The van der Waals surface area contributed by atoms with Crippen molar-refractivity contribution in [3.63, 3.8) is 0 Å². The molecular formula is C17H26Cl2FN3O3. The second kappa shape index (κ2) is 10.9. The Labute approximate surface area is 165 Å². The lowest BCUT2D eigenvalue weighted by Crippen LogP contribution is -2.44. The van der Waals surface area contributed by atoms with Gasteiger partial charge in [0.15, 0.2) is 0 Å². The highest BCUT2D eigenvalue weighted by Gasteiger charge is 2.26. The van der Waals surface area contributed by atoms with Gasteiger partial charge in [-0.1, -0.05) is 0 Å². The molecule has 1 unspecified atom stereocenters. The van der Waals surface area contributed by atoms with Crippen LogP contribution in [0, 0.1) is 11.7 Å². The molecule has 2 saturated heterocycles. The number of carbonyl (C=O) groups excluding carboxylic acids is 1. The first-order chi connectivity index (χ1) is 11.6. The molecule has 148 valence electrons. The number of halogens is 3. The van der Waals surface area contributed by atoms with Crippen LogP contribution in [-0.2, 0) is 14.3 Å². The number of benzene rings is 1. The van der Waals surface area contributed by atoms with E-state index in [1.807, 2.05) is 4.90 Å². The van der Waals surface area contributed by atoms with Crippen molar-refractivity contribution < 1.29 is 18.7 Å². The number of amides is 1. The maximum atomic E-state index is 13.9. The van der Waals surface area contributed by atoms with Gasteiger partial charge in [0.05, 0.1) is 19.3 Å². The summed E-state index contributed by atoms with van der Waals surface area (Å²) in [5, 5.41) is 2.76. The van der Waals surface area contributed by atoms with E-state index in [0.29, 0.717) is 45.2 Å². The van der Waals surface area contributed by atoms with Gasteiger partial charge in [-0.2, -0.15) is 0 Å². The number of nitrogens with zero attached hydrogens (tertiary/aromatic N) is 1. The van der Waals surface area contributed by atoms with Crippen LogP contribution in [0.25, 0.3) is 0 Å². The predicted octanol–water partition coefficient (Wildman–Crippen LogP) is 2.20. The van der Waals surface area contributed by atoms with Gasteiger partial charge < -0.3 is 25.4 Å². The normalized spacial score (nSPS) is 19.1. The summed E-state index contributed by atoms with van der Waals surface area (Å²) < 4.78 is 24.5. The molecule has 2 aliphatic heterocycles. The summed E-state index contributed by atoms with van der Waals surface area (Å²) in [5.41, 5.74) is 7.25. The zero-order valence-electron chi connectivity index (χ0n) is 14.5. The van der Waals surface area contributed by atoms with Crippen LogP contribution in [-0.4, -0.2) is 51.5 Å². The van der Waals surface area contributed by atoms with E-state index in [4.69, 9.17) is 15.2 Å². The molecule has 2 heterocycles. The summed E-state index contributed by atoms with van der Waals surface area (Å²) in [6, 6.07) is 3.96. The molecule has 1 aromatic carbocycles. The number of morpholine rings is 1. The summed E-state index contributed by atoms with van der Waals surface area (Å²) in [4.78, 5) is 14.4. The minimum Gasteiger partial charge on any atom is -0.381 e. The molecule has 26 heavy (non-hydrogen) atoms. The van der Waals surface area contributed by atoms with Crippen LogP contribution in [0.4, 0.5) is 15.8 Å². The van der Waals surface area contributed by atoms with Crippen LogP contribution in [0.5, 0.6) is 0 Å². The summed E-state index contributed by atoms with van der Waals surface area (Å²) in [7, 11) is 0. The average Bonchev–Trinajstić information content (AvgIpc) is 2.62. The number of carbonyl (C=O) groups is 1. The van der Waals surface area contributed by atoms with Crippen LogP contribution in [0.15, 0.2) is 18.2 Å². The van der Waals surface area contributed by atoms with Crippen molar-refractivity contribution in [3.05, 3.63) is 24.0 Å². The van der Waals surface area contributed by atoms with E-state index < -0.39 is 6.04 Å². The van der Waals surface area contributed by atoms with Gasteiger partial charge in [-0.05, 0) is 37.0 Å². The van der Waals surface area contributed by atoms with Crippen molar-refractivity contribution in [1.82, 2.24) is 0 Å². The molecule has 2 fully saturated rings. The van der Waals surface area contributed by atoms with Crippen molar-refractivity contribution in [2.24, 2.45) is 11.7 Å². The van der Waals surface area contributed by atoms with Crippen molar-refractivity contribution in [2.75, 3.05) is 49.7 Å². The van der Waals surface area contributed by atoms with Gasteiger partial charge >= 0.3 is 0 Å². The molecule has 0 spiro atoms. The van der Waals surface area contributed by atoms with Crippen molar-refractivity contribution in [3.8, 4) is 0 Å². The van der Waals surface area contributed by atoms with Gasteiger partial charge in [0.2, 0.25) is 5.91 Å². The molecule has 3 N–H and O–H groups in total. The fourth-order valence-electron chi connectivity index (χ4n) is 3.17. The third-order valence-corrected chi connectivity index (χ3v) is 4.60. The van der Waals surface area contributed by atoms with E-state index in [2.05, 4.69) is 5.32 Å². The van der Waals surface area contributed by atoms with Gasteiger partial charge in [0, 0.05) is 37.7 Å². The van der Waals surface area contributed by atoms with Gasteiger partial charge in [-0.25, -0.2) is 4.39 Å². The van der Waals surface area contributed by atoms with Crippen LogP contribution in [0.3, 0.4) is 0 Å². The fraction of sp³-hybridized carbons (Fsp3) is 0.588. The van der Waals surface area contributed by atoms with E-state index in [1.165, 1.54) is 12.1 Å². The standard InChI is InChI=1S/C17H24FN3O3.2ClH/c18-13-9-14(11-15(10-13)21-3-7-24-8-4-21)20-17(22)16(19)12-1-5-23-6-2-12;;/h9-12,16H,1-8,19H2,(H,20,22);2*1H. The van der Waals surface area contributed by atoms with Crippen molar-refractivity contribution >= 4 is 42.1 Å². The minimum atomic E-state index is -0.607. The highest BCUT2D eigenvalue weighted by molar-refractivity contribution is 5.95. The first kappa shape index (κ1) is 22.9. The summed E-state index contributed by atoms with van der Waals surface area (Å²) >= 11 is 0. The molecule has 0 radical (unpaired) electrons. The molecule has 0 aliphatic carbocycles. The van der Waals surface area contributed by atoms with Gasteiger partial charge in [0.25, 0.3) is 0 Å². The lowest BCUT2D eigenvalue weighted by Gasteiger charge is -2.29. The third kappa shape index (κ3) is 5.96. The number of hydrogen-bond acceptors (Lipinski definition) is 5. The van der Waals surface area contributed by atoms with E-state index in [9.17, 15) is 9.18 Å². The van der Waals surface area contributed by atoms with Gasteiger partial charge in [-0.15, -0.1) is 24.8 Å². The van der Waals surface area contributed by atoms with Crippen LogP contribution >= 0.6 is 24.8 Å². The van der Waals surface area contributed by atoms with E-state index in [1.54, 1.807) is 6.07 Å². The Bertz CT molecular complexity index is 582. The molecule has 1 aromatic rings. The maximum absolute atomic E-state index is 13.9. The highest BCUT2D eigenvalue weighted by Crippen LogP contribution is 2.24. The molecule has 0 aromatic heterocycles. The van der Waals surface area contributed by atoms with Crippen LogP contribution in [0.2, 0.25) is 0 Å². The smallest absolute Gasteiger partial charge is 0.241 e. The summed E-state index contributed by atoms with van der Waals surface area (Å²) in [6.45, 7) is 3.91. The minimum absolute atomic E-state index is 0. The van der Waals surface area contributed by atoms with Crippen LogP contribution in [0.1, 0.15) is 12.8 Å². The predicted molar refractivity (Wildman–Crippen MR) is 104 cm³/mol. The Balaban J connectivity index is 0.00000169. The molecule has 0 bridgehead atoms. The quantitative estimate of drug-likeness (QED) is 0.796. The van der Waals surface area contributed by atoms with Gasteiger partial charge in [-0.3, -0.25) is 4.79 Å². The Kier molecular flexibility index (Phi) is 9.60. The molecule has 0 saturated carbocycles. The SMILES string of the molecule is Cl.Cl.NC(C(=O)Nc1cc(F)cc(N2CCOCC2)c1)C1CCOCC1. The van der Waals surface area contributed by atoms with Crippen molar-refractivity contribution in [2.45, 2.75) is 18.9 Å². The topological polar surface area (TPSA) is 76.8 Å². The van der Waals surface area contributed by atoms with E-state index in [0.717, 1.165) is 18.5 Å². The maximum Gasteiger partial charge on any atom is 0.241 e. The largest absolute Gasteiger partial charge is 0.381 e. The molecular weight excluding hydrogens is 384 g/mol. The van der Waals surface area contributed by atoms with E-state index in [-0.39, 0.29) is 42.5 Å². The lowest BCUT2D eigenvalue weighted by atomic mass is 9.92. The van der Waals surface area contributed by atoms with Crippen molar-refractivity contribution in [1.29, 1.82) is 0 Å². The number of nitrogens with two attached hydrogens (primary N) is 1. The first-order valence-electron chi connectivity index (χ1n) is 8.41. The van der Waals surface area contributed by atoms with Gasteiger partial charge in [0.1, 0.15) is 5.82 Å².